The average Bonchev–Trinajstić information content (AvgIpc) is 2.70. The Bertz CT molecular complexity index is 312. The van der Waals surface area contributed by atoms with Gasteiger partial charge in [0.15, 0.2) is 0 Å². The van der Waals surface area contributed by atoms with E-state index in [2.05, 4.69) is 39.5 Å². The Morgan fingerprint density at radius 1 is 1.12 bits per heavy atom. The Labute approximate surface area is 101 Å². The van der Waals surface area contributed by atoms with Gasteiger partial charge in [-0.3, -0.25) is 4.90 Å². The lowest BCUT2D eigenvalue weighted by molar-refractivity contribution is 0.0571. The Balaban J connectivity index is 1.98. The fraction of sp³-hybridized carbons (Fsp3) is 1.00. The van der Waals surface area contributed by atoms with Crippen LogP contribution in [0.1, 0.15) is 60.3 Å². The Morgan fingerprint density at radius 3 is 2.38 bits per heavy atom. The summed E-state index contributed by atoms with van der Waals surface area (Å²) >= 11 is 0. The second-order valence-corrected chi connectivity index (χ2v) is 7.98. The van der Waals surface area contributed by atoms with Crippen LogP contribution in [0.5, 0.6) is 0 Å². The third-order valence-corrected chi connectivity index (χ3v) is 6.43. The fourth-order valence-electron chi connectivity index (χ4n) is 5.34. The first kappa shape index (κ1) is 11.1. The summed E-state index contributed by atoms with van der Waals surface area (Å²) in [6.45, 7) is 13.6. The average molecular weight is 221 g/mol. The maximum Gasteiger partial charge on any atom is 0.0165 e. The standard InChI is InChI=1S/C15H27N/c1-13(2,3)16-9-8-15-7-6-11(10-12(15)16)14(15,4)5/h11-12H,6-10H2,1-5H3/t11-,12-,15+/m0/s1. The van der Waals surface area contributed by atoms with Crippen molar-refractivity contribution in [1.29, 1.82) is 0 Å². The minimum absolute atomic E-state index is 0.370. The van der Waals surface area contributed by atoms with E-state index in [1.807, 2.05) is 0 Å². The number of fused-ring (bicyclic) bond motifs is 1. The summed E-state index contributed by atoms with van der Waals surface area (Å²) in [7, 11) is 0. The van der Waals surface area contributed by atoms with Gasteiger partial charge in [0.1, 0.15) is 0 Å². The van der Waals surface area contributed by atoms with E-state index >= 15 is 0 Å². The second-order valence-electron chi connectivity index (χ2n) is 7.98. The lowest BCUT2D eigenvalue weighted by Crippen LogP contribution is -2.48. The minimum Gasteiger partial charge on any atom is -0.295 e. The van der Waals surface area contributed by atoms with Crippen molar-refractivity contribution in [3.05, 3.63) is 0 Å². The van der Waals surface area contributed by atoms with Gasteiger partial charge in [-0.2, -0.15) is 0 Å². The highest BCUT2D eigenvalue weighted by Crippen LogP contribution is 2.70. The molecule has 0 radical (unpaired) electrons. The molecule has 92 valence electrons. The van der Waals surface area contributed by atoms with E-state index < -0.39 is 0 Å². The fourth-order valence-corrected chi connectivity index (χ4v) is 5.34. The van der Waals surface area contributed by atoms with E-state index in [0.29, 0.717) is 16.4 Å². The Kier molecular flexibility index (Phi) is 1.98. The molecule has 1 spiro atoms. The first-order chi connectivity index (χ1) is 7.29. The van der Waals surface area contributed by atoms with E-state index in [-0.39, 0.29) is 0 Å². The van der Waals surface area contributed by atoms with Crippen LogP contribution in [0.25, 0.3) is 0 Å². The van der Waals surface area contributed by atoms with Crippen molar-refractivity contribution in [3.63, 3.8) is 0 Å². The van der Waals surface area contributed by atoms with Crippen molar-refractivity contribution in [3.8, 4) is 0 Å². The smallest absolute Gasteiger partial charge is 0.0165 e. The van der Waals surface area contributed by atoms with Crippen LogP contribution in [0.15, 0.2) is 0 Å². The molecule has 2 aliphatic carbocycles. The number of hydrogen-bond acceptors (Lipinski definition) is 1. The molecule has 16 heavy (non-hydrogen) atoms. The van der Waals surface area contributed by atoms with Crippen LogP contribution in [0.2, 0.25) is 0 Å². The van der Waals surface area contributed by atoms with Gasteiger partial charge < -0.3 is 0 Å². The molecule has 0 aromatic heterocycles. The van der Waals surface area contributed by atoms with E-state index in [1.165, 1.54) is 32.2 Å². The van der Waals surface area contributed by atoms with Gasteiger partial charge in [-0.1, -0.05) is 13.8 Å². The molecule has 1 heterocycles. The predicted octanol–water partition coefficient (Wildman–Crippen LogP) is 3.69. The van der Waals surface area contributed by atoms with Gasteiger partial charge in [0.25, 0.3) is 0 Å². The van der Waals surface area contributed by atoms with Crippen molar-refractivity contribution in [1.82, 2.24) is 4.90 Å². The molecule has 0 aromatic carbocycles. The predicted molar refractivity (Wildman–Crippen MR) is 68.4 cm³/mol. The van der Waals surface area contributed by atoms with Crippen LogP contribution in [-0.4, -0.2) is 23.0 Å². The van der Waals surface area contributed by atoms with Gasteiger partial charge in [-0.05, 0) is 69.7 Å². The Hall–Kier alpha value is -0.0400. The first-order valence-electron chi connectivity index (χ1n) is 7.06. The molecule has 0 amide bonds. The largest absolute Gasteiger partial charge is 0.295 e. The summed E-state index contributed by atoms with van der Waals surface area (Å²) < 4.78 is 0. The lowest BCUT2D eigenvalue weighted by atomic mass is 9.67. The molecule has 3 rings (SSSR count). The third-order valence-electron chi connectivity index (χ3n) is 6.43. The molecule has 0 aromatic rings. The molecule has 1 heteroatoms. The van der Waals surface area contributed by atoms with E-state index in [4.69, 9.17) is 0 Å². The van der Waals surface area contributed by atoms with Crippen molar-refractivity contribution < 1.29 is 0 Å². The third kappa shape index (κ3) is 1.06. The maximum absolute atomic E-state index is 2.81. The molecule has 1 aliphatic heterocycles. The van der Waals surface area contributed by atoms with Crippen LogP contribution in [0.4, 0.5) is 0 Å². The van der Waals surface area contributed by atoms with Crippen molar-refractivity contribution in [2.45, 2.75) is 71.9 Å². The molecule has 2 bridgehead atoms. The van der Waals surface area contributed by atoms with Gasteiger partial charge in [0, 0.05) is 11.6 Å². The van der Waals surface area contributed by atoms with Gasteiger partial charge in [0.2, 0.25) is 0 Å². The highest BCUT2D eigenvalue weighted by atomic mass is 15.3. The highest BCUT2D eigenvalue weighted by molar-refractivity contribution is 5.19. The summed E-state index contributed by atoms with van der Waals surface area (Å²) in [6.07, 6.45) is 5.94. The van der Waals surface area contributed by atoms with Gasteiger partial charge in [-0.25, -0.2) is 0 Å². The quantitative estimate of drug-likeness (QED) is 0.603. The van der Waals surface area contributed by atoms with Crippen LogP contribution in [0.3, 0.4) is 0 Å². The van der Waals surface area contributed by atoms with Crippen molar-refractivity contribution in [2.75, 3.05) is 6.54 Å². The van der Waals surface area contributed by atoms with Gasteiger partial charge >= 0.3 is 0 Å². The second kappa shape index (κ2) is 2.85. The van der Waals surface area contributed by atoms with E-state index in [0.717, 1.165) is 12.0 Å². The summed E-state index contributed by atoms with van der Waals surface area (Å²) in [4.78, 5) is 2.81. The van der Waals surface area contributed by atoms with Crippen LogP contribution < -0.4 is 0 Å². The SMILES string of the molecule is CC(C)(C)N1CC[C@]23CC[C@@H](C[C@H]12)C3(C)C. The number of hydrogen-bond donors (Lipinski definition) is 0. The molecule has 2 saturated carbocycles. The first-order valence-corrected chi connectivity index (χ1v) is 7.06. The molecule has 3 fully saturated rings. The monoisotopic (exact) mass is 221 g/mol. The number of nitrogens with zero attached hydrogens (tertiary/aromatic N) is 1. The molecule has 0 unspecified atom stereocenters. The molecular formula is C15H27N. The van der Waals surface area contributed by atoms with Gasteiger partial charge in [0.05, 0.1) is 0 Å². The normalized spacial score (nSPS) is 46.3. The molecule has 1 nitrogen and oxygen atoms in total. The van der Waals surface area contributed by atoms with E-state index in [9.17, 15) is 0 Å². The van der Waals surface area contributed by atoms with Crippen LogP contribution in [-0.2, 0) is 0 Å². The maximum atomic E-state index is 2.81. The highest BCUT2D eigenvalue weighted by Gasteiger charge is 2.67. The van der Waals surface area contributed by atoms with Crippen LogP contribution >= 0.6 is 0 Å². The number of rotatable bonds is 0. The molecule has 3 aliphatic rings. The molecule has 1 saturated heterocycles. The van der Waals surface area contributed by atoms with Crippen LogP contribution in [0, 0.1) is 16.7 Å². The van der Waals surface area contributed by atoms with Crippen molar-refractivity contribution >= 4 is 0 Å². The summed E-state index contributed by atoms with van der Waals surface area (Å²) in [5.74, 6) is 1.00. The lowest BCUT2D eigenvalue weighted by Gasteiger charge is -2.43. The summed E-state index contributed by atoms with van der Waals surface area (Å²) in [5.41, 5.74) is 1.65. The zero-order chi connectivity index (χ0) is 11.8. The molecule has 3 atom stereocenters. The topological polar surface area (TPSA) is 3.24 Å². The zero-order valence-electron chi connectivity index (χ0n) is 11.6. The summed E-state index contributed by atoms with van der Waals surface area (Å²) in [5, 5.41) is 0. The summed E-state index contributed by atoms with van der Waals surface area (Å²) in [6, 6.07) is 0.890. The van der Waals surface area contributed by atoms with Gasteiger partial charge in [-0.15, -0.1) is 0 Å². The Morgan fingerprint density at radius 2 is 1.81 bits per heavy atom. The molecular weight excluding hydrogens is 194 g/mol. The van der Waals surface area contributed by atoms with E-state index in [1.54, 1.807) is 0 Å². The minimum atomic E-state index is 0.370. The van der Waals surface area contributed by atoms with Crippen molar-refractivity contribution in [2.24, 2.45) is 16.7 Å². The molecule has 0 N–H and O–H groups in total. The zero-order valence-corrected chi connectivity index (χ0v) is 11.6. The number of likely N-dealkylation sites (tertiary alicyclic amines) is 1.